The van der Waals surface area contributed by atoms with Crippen LogP contribution in [-0.2, 0) is 0 Å². The Kier molecular flexibility index (Phi) is 6.37. The molecule has 0 saturated carbocycles. The molecule has 1 atom stereocenters. The Balaban J connectivity index is 1.78. The van der Waals surface area contributed by atoms with E-state index in [1.807, 2.05) is 0 Å². The fourth-order valence-corrected chi connectivity index (χ4v) is 2.41. The van der Waals surface area contributed by atoms with Gasteiger partial charge in [0.25, 0.3) is 5.91 Å². The lowest BCUT2D eigenvalue weighted by molar-refractivity contribution is 0.0953. The lowest BCUT2D eigenvalue weighted by Gasteiger charge is -2.13. The Morgan fingerprint density at radius 2 is 2.09 bits per heavy atom. The molecule has 5 nitrogen and oxygen atoms in total. The average molecular weight is 302 g/mol. The first-order valence-electron chi connectivity index (χ1n) is 8.23. The molecular weight excluding hydrogens is 276 g/mol. The van der Waals surface area contributed by atoms with Crippen LogP contribution >= 0.6 is 0 Å². The maximum Gasteiger partial charge on any atom is 0.254 e. The highest BCUT2D eigenvalue weighted by atomic mass is 16.1. The molecule has 0 radical (unpaired) electrons. The predicted molar refractivity (Wildman–Crippen MR) is 88.9 cm³/mol. The first-order valence-corrected chi connectivity index (χ1v) is 8.23. The highest BCUT2D eigenvalue weighted by Gasteiger charge is 2.09. The second kappa shape index (κ2) is 8.51. The van der Waals surface area contributed by atoms with E-state index in [1.165, 1.54) is 31.3 Å². The van der Waals surface area contributed by atoms with Gasteiger partial charge in [-0.3, -0.25) is 4.79 Å². The van der Waals surface area contributed by atoms with Gasteiger partial charge in [0.15, 0.2) is 0 Å². The summed E-state index contributed by atoms with van der Waals surface area (Å²) in [5, 5.41) is 6.12. The Labute approximate surface area is 132 Å². The summed E-state index contributed by atoms with van der Waals surface area (Å²) in [5.74, 6) is 0.463. The molecule has 1 aliphatic rings. The van der Waals surface area contributed by atoms with Crippen LogP contribution in [0.1, 0.15) is 62.7 Å². The lowest BCUT2D eigenvalue weighted by Crippen LogP contribution is -2.25. The van der Waals surface area contributed by atoms with Crippen LogP contribution in [0.4, 0.5) is 5.95 Å². The number of aromatic nitrogens is 2. The monoisotopic (exact) mass is 302 g/mol. The van der Waals surface area contributed by atoms with Gasteiger partial charge in [-0.25, -0.2) is 9.97 Å². The van der Waals surface area contributed by atoms with Crippen LogP contribution in [0.15, 0.2) is 24.0 Å². The summed E-state index contributed by atoms with van der Waals surface area (Å²) in [7, 11) is 0. The second-order valence-corrected chi connectivity index (χ2v) is 5.86. The third-order valence-electron chi connectivity index (χ3n) is 4.02. The summed E-state index contributed by atoms with van der Waals surface area (Å²) in [6.07, 6.45) is 12.3. The van der Waals surface area contributed by atoms with Gasteiger partial charge in [-0.1, -0.05) is 18.6 Å². The van der Waals surface area contributed by atoms with Crippen LogP contribution in [0.25, 0.3) is 0 Å². The number of allylic oxidation sites excluding steroid dienone is 1. The summed E-state index contributed by atoms with van der Waals surface area (Å²) >= 11 is 0. The Bertz CT molecular complexity index is 510. The molecule has 0 spiro atoms. The molecule has 1 unspecified atom stereocenters. The SMILES string of the molecule is CCC(C)Nc1ncc(C(=O)NCCC2=CCCCC2)cn1. The fraction of sp³-hybridized carbons (Fsp3) is 0.588. The standard InChI is InChI=1S/C17H26N4O/c1-3-13(2)21-17-19-11-15(12-20-17)16(22)18-10-9-14-7-5-4-6-8-14/h7,11-13H,3-6,8-10H2,1-2H3,(H,18,22)(H,19,20,21). The van der Waals surface area contributed by atoms with Crippen molar-refractivity contribution >= 4 is 11.9 Å². The van der Waals surface area contributed by atoms with Gasteiger partial charge >= 0.3 is 0 Å². The van der Waals surface area contributed by atoms with Crippen molar-refractivity contribution in [3.8, 4) is 0 Å². The van der Waals surface area contributed by atoms with Gasteiger partial charge in [-0.05, 0) is 45.4 Å². The van der Waals surface area contributed by atoms with Crippen molar-refractivity contribution in [2.45, 2.75) is 58.4 Å². The summed E-state index contributed by atoms with van der Waals surface area (Å²) in [4.78, 5) is 20.4. The number of carbonyl (C=O) groups excluding carboxylic acids is 1. The van der Waals surface area contributed by atoms with E-state index in [9.17, 15) is 4.79 Å². The molecule has 0 saturated heterocycles. The van der Waals surface area contributed by atoms with E-state index >= 15 is 0 Å². The largest absolute Gasteiger partial charge is 0.352 e. The third-order valence-corrected chi connectivity index (χ3v) is 4.02. The van der Waals surface area contributed by atoms with Gasteiger partial charge in [0.2, 0.25) is 5.95 Å². The maximum atomic E-state index is 12.0. The number of anilines is 1. The van der Waals surface area contributed by atoms with E-state index in [1.54, 1.807) is 12.4 Å². The number of hydrogen-bond donors (Lipinski definition) is 2. The van der Waals surface area contributed by atoms with Crippen molar-refractivity contribution in [3.63, 3.8) is 0 Å². The van der Waals surface area contributed by atoms with Crippen LogP contribution in [0.2, 0.25) is 0 Å². The van der Waals surface area contributed by atoms with Gasteiger partial charge in [-0.2, -0.15) is 0 Å². The molecule has 0 aliphatic heterocycles. The van der Waals surface area contributed by atoms with Crippen LogP contribution in [0, 0.1) is 0 Å². The third kappa shape index (κ3) is 5.13. The van der Waals surface area contributed by atoms with E-state index in [4.69, 9.17) is 0 Å². The zero-order chi connectivity index (χ0) is 15.8. The molecule has 5 heteroatoms. The van der Waals surface area contributed by atoms with Crippen LogP contribution < -0.4 is 10.6 Å². The number of nitrogens with one attached hydrogen (secondary N) is 2. The van der Waals surface area contributed by atoms with Crippen molar-refractivity contribution in [1.82, 2.24) is 15.3 Å². The topological polar surface area (TPSA) is 66.9 Å². The van der Waals surface area contributed by atoms with Crippen LogP contribution in [0.5, 0.6) is 0 Å². The second-order valence-electron chi connectivity index (χ2n) is 5.86. The van der Waals surface area contributed by atoms with E-state index < -0.39 is 0 Å². The van der Waals surface area contributed by atoms with Crippen molar-refractivity contribution in [2.24, 2.45) is 0 Å². The Hall–Kier alpha value is -1.91. The van der Waals surface area contributed by atoms with E-state index in [0.717, 1.165) is 12.8 Å². The predicted octanol–water partition coefficient (Wildman–Crippen LogP) is 3.31. The molecule has 120 valence electrons. The van der Waals surface area contributed by atoms with Crippen LogP contribution in [0.3, 0.4) is 0 Å². The van der Waals surface area contributed by atoms with Crippen molar-refractivity contribution in [1.29, 1.82) is 0 Å². The molecule has 1 aromatic rings. The minimum absolute atomic E-state index is 0.105. The number of amides is 1. The van der Waals surface area contributed by atoms with Crippen molar-refractivity contribution in [2.75, 3.05) is 11.9 Å². The summed E-state index contributed by atoms with van der Waals surface area (Å²) in [6.45, 7) is 4.85. The first kappa shape index (κ1) is 16.5. The lowest BCUT2D eigenvalue weighted by atomic mass is 9.97. The van der Waals surface area contributed by atoms with Crippen molar-refractivity contribution in [3.05, 3.63) is 29.6 Å². The van der Waals surface area contributed by atoms with Gasteiger partial charge in [0.1, 0.15) is 0 Å². The van der Waals surface area contributed by atoms with E-state index in [-0.39, 0.29) is 5.91 Å². The molecule has 2 N–H and O–H groups in total. The van der Waals surface area contributed by atoms with Crippen LogP contribution in [-0.4, -0.2) is 28.5 Å². The van der Waals surface area contributed by atoms with Gasteiger partial charge in [-0.15, -0.1) is 0 Å². The minimum atomic E-state index is -0.105. The molecule has 0 bridgehead atoms. The van der Waals surface area contributed by atoms with Gasteiger partial charge in [0.05, 0.1) is 5.56 Å². The first-order chi connectivity index (χ1) is 10.7. The molecule has 0 aromatic carbocycles. The Morgan fingerprint density at radius 3 is 2.73 bits per heavy atom. The fourth-order valence-electron chi connectivity index (χ4n) is 2.41. The normalized spacial score (nSPS) is 15.8. The Morgan fingerprint density at radius 1 is 1.32 bits per heavy atom. The smallest absolute Gasteiger partial charge is 0.254 e. The summed E-state index contributed by atoms with van der Waals surface area (Å²) in [5.41, 5.74) is 1.98. The number of rotatable bonds is 7. The summed E-state index contributed by atoms with van der Waals surface area (Å²) < 4.78 is 0. The highest BCUT2D eigenvalue weighted by Crippen LogP contribution is 2.19. The average Bonchev–Trinajstić information content (AvgIpc) is 2.56. The molecule has 22 heavy (non-hydrogen) atoms. The molecule has 1 amide bonds. The molecule has 1 heterocycles. The molecule has 1 aromatic heterocycles. The molecule has 2 rings (SSSR count). The molecular formula is C17H26N4O. The highest BCUT2D eigenvalue weighted by molar-refractivity contribution is 5.93. The van der Waals surface area contributed by atoms with E-state index in [0.29, 0.717) is 24.1 Å². The zero-order valence-corrected chi connectivity index (χ0v) is 13.6. The molecule has 0 fully saturated rings. The zero-order valence-electron chi connectivity index (χ0n) is 13.6. The van der Waals surface area contributed by atoms with E-state index in [2.05, 4.69) is 40.5 Å². The number of hydrogen-bond acceptors (Lipinski definition) is 4. The summed E-state index contributed by atoms with van der Waals surface area (Å²) in [6, 6.07) is 0.323. The molecule has 1 aliphatic carbocycles. The van der Waals surface area contributed by atoms with Crippen molar-refractivity contribution < 1.29 is 4.79 Å². The number of carbonyl (C=O) groups is 1. The minimum Gasteiger partial charge on any atom is -0.352 e. The van der Waals surface area contributed by atoms with Gasteiger partial charge in [0, 0.05) is 25.0 Å². The van der Waals surface area contributed by atoms with Gasteiger partial charge < -0.3 is 10.6 Å². The number of nitrogens with zero attached hydrogens (tertiary/aromatic N) is 2. The maximum absolute atomic E-state index is 12.0. The quantitative estimate of drug-likeness (QED) is 0.758.